The Kier molecular flexibility index (Phi) is 6.20. The molecule has 2 aromatic carbocycles. The van der Waals surface area contributed by atoms with E-state index in [1.807, 2.05) is 30.3 Å². The summed E-state index contributed by atoms with van der Waals surface area (Å²) in [5.41, 5.74) is 1.78. The van der Waals surface area contributed by atoms with Crippen LogP contribution in [0.15, 0.2) is 71.8 Å². The molecule has 150 valence electrons. The third-order valence-corrected chi connectivity index (χ3v) is 5.58. The lowest BCUT2D eigenvalue weighted by atomic mass is 10.2. The fourth-order valence-corrected chi connectivity index (χ4v) is 3.62. The Morgan fingerprint density at radius 3 is 2.55 bits per heavy atom. The topological polar surface area (TPSA) is 111 Å². The third-order valence-electron chi connectivity index (χ3n) is 4.18. The van der Waals surface area contributed by atoms with Gasteiger partial charge < -0.3 is 4.74 Å². The van der Waals surface area contributed by atoms with E-state index in [4.69, 9.17) is 4.74 Å². The molecule has 0 bridgehead atoms. The van der Waals surface area contributed by atoms with Crippen molar-refractivity contribution >= 4 is 15.7 Å². The van der Waals surface area contributed by atoms with Crippen molar-refractivity contribution in [1.82, 2.24) is 9.71 Å². The van der Waals surface area contributed by atoms with Crippen molar-refractivity contribution in [3.63, 3.8) is 0 Å². The van der Waals surface area contributed by atoms with Gasteiger partial charge in [-0.05, 0) is 30.2 Å². The number of aromatic nitrogens is 1. The number of benzene rings is 2. The van der Waals surface area contributed by atoms with Crippen LogP contribution >= 0.6 is 0 Å². The van der Waals surface area contributed by atoms with Crippen molar-refractivity contribution in [3.05, 3.63) is 93.7 Å². The number of rotatable bonds is 8. The second kappa shape index (κ2) is 8.80. The van der Waals surface area contributed by atoms with Gasteiger partial charge in [-0.25, -0.2) is 18.1 Å². The van der Waals surface area contributed by atoms with Crippen LogP contribution in [0.2, 0.25) is 0 Å². The first kappa shape index (κ1) is 20.4. The van der Waals surface area contributed by atoms with Crippen molar-refractivity contribution in [1.29, 1.82) is 0 Å². The molecule has 0 amide bonds. The van der Waals surface area contributed by atoms with Crippen LogP contribution in [0.5, 0.6) is 5.88 Å². The number of ether oxygens (including phenoxy) is 1. The number of sulfonamides is 1. The minimum atomic E-state index is -3.92. The largest absolute Gasteiger partial charge is 0.473 e. The zero-order valence-corrected chi connectivity index (χ0v) is 16.4. The first-order valence-electron chi connectivity index (χ1n) is 8.71. The molecule has 0 fully saturated rings. The van der Waals surface area contributed by atoms with E-state index in [9.17, 15) is 18.5 Å². The van der Waals surface area contributed by atoms with E-state index in [-0.39, 0.29) is 17.1 Å². The standard InChI is InChI=1S/C20H19N3O5S/c1-15-7-8-18(12-19(15)23(24)25)29(26,27)22-13-17-9-10-21-20(11-17)28-14-16-5-3-2-4-6-16/h2-12,22H,13-14H2,1H3. The molecule has 0 saturated heterocycles. The lowest BCUT2D eigenvalue weighted by Gasteiger charge is -2.09. The number of nitrogens with zero attached hydrogens (tertiary/aromatic N) is 2. The Hall–Kier alpha value is -3.30. The van der Waals surface area contributed by atoms with Crippen LogP contribution in [0.1, 0.15) is 16.7 Å². The van der Waals surface area contributed by atoms with Gasteiger partial charge in [0.05, 0.1) is 9.82 Å². The molecule has 0 aliphatic heterocycles. The Labute approximate surface area is 168 Å². The molecule has 9 heteroatoms. The van der Waals surface area contributed by atoms with E-state index in [2.05, 4.69) is 9.71 Å². The first-order valence-corrected chi connectivity index (χ1v) is 10.2. The highest BCUT2D eigenvalue weighted by Gasteiger charge is 2.19. The average molecular weight is 413 g/mol. The van der Waals surface area contributed by atoms with Crippen LogP contribution < -0.4 is 9.46 Å². The molecule has 0 aliphatic rings. The highest BCUT2D eigenvalue weighted by atomic mass is 32.2. The summed E-state index contributed by atoms with van der Waals surface area (Å²) >= 11 is 0. The summed E-state index contributed by atoms with van der Waals surface area (Å²) in [7, 11) is -3.92. The first-order chi connectivity index (χ1) is 13.8. The van der Waals surface area contributed by atoms with Crippen molar-refractivity contribution in [3.8, 4) is 5.88 Å². The molecule has 0 aliphatic carbocycles. The Morgan fingerprint density at radius 1 is 1.07 bits per heavy atom. The van der Waals surface area contributed by atoms with Gasteiger partial charge in [0.2, 0.25) is 15.9 Å². The van der Waals surface area contributed by atoms with E-state index in [0.29, 0.717) is 23.6 Å². The minimum Gasteiger partial charge on any atom is -0.473 e. The maximum Gasteiger partial charge on any atom is 0.273 e. The molecule has 29 heavy (non-hydrogen) atoms. The van der Waals surface area contributed by atoms with Crippen LogP contribution in [-0.4, -0.2) is 18.3 Å². The minimum absolute atomic E-state index is 0.00573. The van der Waals surface area contributed by atoms with Gasteiger partial charge in [-0.1, -0.05) is 36.4 Å². The number of pyridine rings is 1. The van der Waals surface area contributed by atoms with Crippen LogP contribution in [0.25, 0.3) is 0 Å². The van der Waals surface area contributed by atoms with Crippen LogP contribution in [-0.2, 0) is 23.2 Å². The van der Waals surface area contributed by atoms with Gasteiger partial charge in [0, 0.05) is 30.4 Å². The zero-order valence-electron chi connectivity index (χ0n) is 15.6. The van der Waals surface area contributed by atoms with E-state index < -0.39 is 14.9 Å². The summed E-state index contributed by atoms with van der Waals surface area (Å²) in [6.45, 7) is 1.89. The quantitative estimate of drug-likeness (QED) is 0.448. The maximum absolute atomic E-state index is 12.5. The highest BCUT2D eigenvalue weighted by Crippen LogP contribution is 2.22. The molecule has 1 heterocycles. The Bertz CT molecular complexity index is 1120. The molecule has 0 spiro atoms. The number of hydrogen-bond donors (Lipinski definition) is 1. The van der Waals surface area contributed by atoms with Gasteiger partial charge in [0.25, 0.3) is 5.69 Å². The molecule has 8 nitrogen and oxygen atoms in total. The molecule has 0 unspecified atom stereocenters. The zero-order chi connectivity index (χ0) is 20.9. The molecule has 3 rings (SSSR count). The Morgan fingerprint density at radius 2 is 1.83 bits per heavy atom. The molecular formula is C20H19N3O5S. The van der Waals surface area contributed by atoms with Crippen LogP contribution in [0.3, 0.4) is 0 Å². The fourth-order valence-electron chi connectivity index (χ4n) is 2.59. The van der Waals surface area contributed by atoms with Crippen LogP contribution in [0, 0.1) is 17.0 Å². The molecule has 0 radical (unpaired) electrons. The number of nitro groups is 1. The van der Waals surface area contributed by atoms with Crippen molar-refractivity contribution < 1.29 is 18.1 Å². The summed E-state index contributed by atoms with van der Waals surface area (Å²) < 4.78 is 33.1. The highest BCUT2D eigenvalue weighted by molar-refractivity contribution is 7.89. The van der Waals surface area contributed by atoms with E-state index in [1.54, 1.807) is 19.1 Å². The average Bonchev–Trinajstić information content (AvgIpc) is 2.72. The van der Waals surface area contributed by atoms with Crippen molar-refractivity contribution in [2.24, 2.45) is 0 Å². The molecule has 1 N–H and O–H groups in total. The summed E-state index contributed by atoms with van der Waals surface area (Å²) in [6.07, 6.45) is 1.53. The van der Waals surface area contributed by atoms with E-state index in [1.165, 1.54) is 18.3 Å². The van der Waals surface area contributed by atoms with E-state index in [0.717, 1.165) is 11.6 Å². The van der Waals surface area contributed by atoms with Gasteiger partial charge in [-0.3, -0.25) is 10.1 Å². The molecule has 3 aromatic rings. The maximum atomic E-state index is 12.5. The predicted octanol–water partition coefficient (Wildman–Crippen LogP) is 3.36. The second-order valence-electron chi connectivity index (χ2n) is 6.31. The number of nitrogens with one attached hydrogen (secondary N) is 1. The second-order valence-corrected chi connectivity index (χ2v) is 8.07. The SMILES string of the molecule is Cc1ccc(S(=O)(=O)NCc2ccnc(OCc3ccccc3)c2)cc1[N+](=O)[O-]. The summed E-state index contributed by atoms with van der Waals surface area (Å²) in [4.78, 5) is 14.4. The normalized spacial score (nSPS) is 11.2. The molecule has 0 saturated carbocycles. The van der Waals surface area contributed by atoms with Crippen LogP contribution in [0.4, 0.5) is 5.69 Å². The summed E-state index contributed by atoms with van der Waals surface area (Å²) in [5, 5.41) is 11.1. The summed E-state index contributed by atoms with van der Waals surface area (Å²) in [6, 6.07) is 16.7. The van der Waals surface area contributed by atoms with Crippen molar-refractivity contribution in [2.75, 3.05) is 0 Å². The van der Waals surface area contributed by atoms with Crippen molar-refractivity contribution in [2.45, 2.75) is 25.0 Å². The Balaban J connectivity index is 1.67. The van der Waals surface area contributed by atoms with Gasteiger partial charge in [-0.15, -0.1) is 0 Å². The number of nitro benzene ring substituents is 1. The lowest BCUT2D eigenvalue weighted by molar-refractivity contribution is -0.385. The van der Waals surface area contributed by atoms with Gasteiger partial charge in [0.15, 0.2) is 0 Å². The van der Waals surface area contributed by atoms with Gasteiger partial charge in [0.1, 0.15) is 6.61 Å². The monoisotopic (exact) mass is 413 g/mol. The molecule has 0 atom stereocenters. The third kappa shape index (κ3) is 5.37. The van der Waals surface area contributed by atoms with E-state index >= 15 is 0 Å². The summed E-state index contributed by atoms with van der Waals surface area (Å²) in [5.74, 6) is 0.372. The predicted molar refractivity (Wildman–Crippen MR) is 107 cm³/mol. The number of hydrogen-bond acceptors (Lipinski definition) is 6. The molecular weight excluding hydrogens is 394 g/mol. The number of aryl methyl sites for hydroxylation is 1. The smallest absolute Gasteiger partial charge is 0.273 e. The lowest BCUT2D eigenvalue weighted by Crippen LogP contribution is -2.23. The molecule has 1 aromatic heterocycles. The van der Waals surface area contributed by atoms with Gasteiger partial charge in [-0.2, -0.15) is 0 Å². The fraction of sp³-hybridized carbons (Fsp3) is 0.150. The van der Waals surface area contributed by atoms with Gasteiger partial charge >= 0.3 is 0 Å².